The predicted molar refractivity (Wildman–Crippen MR) is 98.3 cm³/mol. The zero-order valence-electron chi connectivity index (χ0n) is 14.4. The monoisotopic (exact) mass is 358 g/mol. The minimum Gasteiger partial charge on any atom is -0.481 e. The van der Waals surface area contributed by atoms with Gasteiger partial charge in [0.2, 0.25) is 11.8 Å². The molecule has 0 saturated heterocycles. The van der Waals surface area contributed by atoms with E-state index in [1.54, 1.807) is 31.2 Å². The fourth-order valence-electron chi connectivity index (χ4n) is 2.25. The van der Waals surface area contributed by atoms with E-state index in [2.05, 4.69) is 21.7 Å². The Morgan fingerprint density at radius 1 is 1.27 bits per heavy atom. The molecule has 8 nitrogen and oxygen atoms in total. The van der Waals surface area contributed by atoms with Crippen molar-refractivity contribution in [2.45, 2.75) is 32.2 Å². The summed E-state index contributed by atoms with van der Waals surface area (Å²) in [4.78, 5) is 35.0. The van der Waals surface area contributed by atoms with Crippen LogP contribution in [0.4, 0.5) is 5.69 Å². The molecule has 5 N–H and O–H groups in total. The number of hydrogen-bond donors (Lipinski definition) is 4. The fraction of sp³-hybridized carbons (Fsp3) is 0.333. The first-order chi connectivity index (χ1) is 12.4. The van der Waals surface area contributed by atoms with Crippen molar-refractivity contribution >= 4 is 29.7 Å². The smallest absolute Gasteiger partial charge is 0.309 e. The SMILES string of the molecule is C#CC(NC(=O)CCC(=O)Nc1ccc(C=NN)cc1)C(CC)C(=O)O. The zero-order valence-corrected chi connectivity index (χ0v) is 14.4. The fourth-order valence-corrected chi connectivity index (χ4v) is 2.25. The quantitative estimate of drug-likeness (QED) is 0.225. The van der Waals surface area contributed by atoms with Gasteiger partial charge in [0.15, 0.2) is 0 Å². The van der Waals surface area contributed by atoms with Gasteiger partial charge >= 0.3 is 5.97 Å². The summed E-state index contributed by atoms with van der Waals surface area (Å²) in [5.41, 5.74) is 1.36. The van der Waals surface area contributed by atoms with Crippen molar-refractivity contribution in [1.82, 2.24) is 5.32 Å². The maximum Gasteiger partial charge on any atom is 0.309 e. The van der Waals surface area contributed by atoms with Crippen LogP contribution in [0.1, 0.15) is 31.7 Å². The highest BCUT2D eigenvalue weighted by atomic mass is 16.4. The Balaban J connectivity index is 2.49. The Morgan fingerprint density at radius 2 is 1.88 bits per heavy atom. The number of carboxylic acid groups (broad SMARTS) is 1. The van der Waals surface area contributed by atoms with Gasteiger partial charge in [-0.3, -0.25) is 14.4 Å². The molecule has 0 bridgehead atoms. The summed E-state index contributed by atoms with van der Waals surface area (Å²) in [6.07, 6.45) is 6.91. The number of nitrogens with two attached hydrogens (primary N) is 1. The first kappa shape index (κ1) is 20.7. The summed E-state index contributed by atoms with van der Waals surface area (Å²) >= 11 is 0. The highest BCUT2D eigenvalue weighted by Crippen LogP contribution is 2.11. The second-order valence-electron chi connectivity index (χ2n) is 5.51. The number of nitrogens with zero attached hydrogens (tertiary/aromatic N) is 1. The van der Waals surface area contributed by atoms with Crippen LogP contribution in [0.5, 0.6) is 0 Å². The maximum atomic E-state index is 11.9. The first-order valence-electron chi connectivity index (χ1n) is 8.02. The average Bonchev–Trinajstić information content (AvgIpc) is 2.61. The lowest BCUT2D eigenvalue weighted by atomic mass is 9.97. The molecule has 1 rings (SSSR count). The molecule has 26 heavy (non-hydrogen) atoms. The lowest BCUT2D eigenvalue weighted by Crippen LogP contribution is -2.42. The second-order valence-corrected chi connectivity index (χ2v) is 5.51. The number of anilines is 1. The maximum absolute atomic E-state index is 11.9. The molecule has 0 aliphatic carbocycles. The van der Waals surface area contributed by atoms with E-state index in [9.17, 15) is 14.4 Å². The number of amides is 2. The van der Waals surface area contributed by atoms with Crippen molar-refractivity contribution in [3.8, 4) is 12.3 Å². The standard InChI is InChI=1S/C18H22N4O4/c1-3-14(18(25)26)15(4-2)22-17(24)10-9-16(23)21-13-7-5-12(6-8-13)11-20-19/h2,5-8,11,14-15H,3,9-10,19H2,1H3,(H,21,23)(H,22,24)(H,25,26). The summed E-state index contributed by atoms with van der Waals surface area (Å²) < 4.78 is 0. The number of rotatable bonds is 9. The summed E-state index contributed by atoms with van der Waals surface area (Å²) in [6.45, 7) is 1.67. The molecule has 138 valence electrons. The molecular formula is C18H22N4O4. The second kappa shape index (κ2) is 10.5. The summed E-state index contributed by atoms with van der Waals surface area (Å²) in [7, 11) is 0. The van der Waals surface area contributed by atoms with E-state index >= 15 is 0 Å². The molecular weight excluding hydrogens is 336 g/mol. The van der Waals surface area contributed by atoms with Crippen molar-refractivity contribution in [3.05, 3.63) is 29.8 Å². The lowest BCUT2D eigenvalue weighted by molar-refractivity contribution is -0.142. The van der Waals surface area contributed by atoms with Crippen LogP contribution in [-0.2, 0) is 14.4 Å². The van der Waals surface area contributed by atoms with Crippen LogP contribution in [0.25, 0.3) is 0 Å². The third kappa shape index (κ3) is 6.65. The number of carboxylic acids is 1. The topological polar surface area (TPSA) is 134 Å². The Labute approximate surface area is 151 Å². The van der Waals surface area contributed by atoms with Crippen molar-refractivity contribution < 1.29 is 19.5 Å². The number of hydrazone groups is 1. The molecule has 2 atom stereocenters. The van der Waals surface area contributed by atoms with Gasteiger partial charge in [0.25, 0.3) is 0 Å². The number of carbonyl (C=O) groups excluding carboxylic acids is 2. The van der Waals surface area contributed by atoms with Gasteiger partial charge in [-0.15, -0.1) is 6.42 Å². The molecule has 0 aliphatic rings. The van der Waals surface area contributed by atoms with E-state index in [0.717, 1.165) is 5.56 Å². The van der Waals surface area contributed by atoms with E-state index in [1.807, 2.05) is 0 Å². The van der Waals surface area contributed by atoms with Gasteiger partial charge < -0.3 is 21.6 Å². The van der Waals surface area contributed by atoms with E-state index in [1.165, 1.54) is 6.21 Å². The Hall–Kier alpha value is -3.34. The highest BCUT2D eigenvalue weighted by Gasteiger charge is 2.26. The van der Waals surface area contributed by atoms with E-state index in [0.29, 0.717) is 5.69 Å². The van der Waals surface area contributed by atoms with E-state index in [-0.39, 0.29) is 25.2 Å². The molecule has 1 aromatic rings. The number of hydrogen-bond acceptors (Lipinski definition) is 5. The Kier molecular flexibility index (Phi) is 8.37. The Bertz CT molecular complexity index is 707. The molecule has 0 aromatic heterocycles. The molecule has 0 spiro atoms. The predicted octanol–water partition coefficient (Wildman–Crippen LogP) is 0.927. The normalized spacial score (nSPS) is 12.8. The van der Waals surface area contributed by atoms with Gasteiger partial charge in [-0.25, -0.2) is 0 Å². The number of nitrogens with one attached hydrogen (secondary N) is 2. The summed E-state index contributed by atoms with van der Waals surface area (Å²) in [6, 6.07) is 5.91. The van der Waals surface area contributed by atoms with Crippen molar-refractivity contribution in [1.29, 1.82) is 0 Å². The van der Waals surface area contributed by atoms with Crippen LogP contribution in [0, 0.1) is 18.3 Å². The van der Waals surface area contributed by atoms with Crippen LogP contribution < -0.4 is 16.5 Å². The first-order valence-corrected chi connectivity index (χ1v) is 8.02. The van der Waals surface area contributed by atoms with E-state index < -0.39 is 23.8 Å². The molecule has 0 fully saturated rings. The van der Waals surface area contributed by atoms with Gasteiger partial charge in [-0.1, -0.05) is 25.0 Å². The summed E-state index contributed by atoms with van der Waals surface area (Å²) in [5, 5.41) is 17.6. The molecule has 2 amide bonds. The third-order valence-corrected chi connectivity index (χ3v) is 3.65. The average molecular weight is 358 g/mol. The lowest BCUT2D eigenvalue weighted by Gasteiger charge is -2.19. The van der Waals surface area contributed by atoms with Crippen LogP contribution in [-0.4, -0.2) is 35.1 Å². The van der Waals surface area contributed by atoms with Gasteiger partial charge in [-0.05, 0) is 24.1 Å². The van der Waals surface area contributed by atoms with E-state index in [4.69, 9.17) is 17.4 Å². The number of aliphatic carboxylic acids is 1. The van der Waals surface area contributed by atoms with Gasteiger partial charge in [0, 0.05) is 18.5 Å². The largest absolute Gasteiger partial charge is 0.481 e. The highest BCUT2D eigenvalue weighted by molar-refractivity contribution is 5.93. The number of terminal acetylenes is 1. The number of carbonyl (C=O) groups is 3. The third-order valence-electron chi connectivity index (χ3n) is 3.65. The van der Waals surface area contributed by atoms with Crippen LogP contribution in [0.3, 0.4) is 0 Å². The molecule has 0 aliphatic heterocycles. The van der Waals surface area contributed by atoms with Gasteiger partial charge in [-0.2, -0.15) is 5.10 Å². The molecule has 0 heterocycles. The van der Waals surface area contributed by atoms with Crippen LogP contribution in [0.2, 0.25) is 0 Å². The molecule has 0 radical (unpaired) electrons. The van der Waals surface area contributed by atoms with Crippen LogP contribution in [0.15, 0.2) is 29.4 Å². The van der Waals surface area contributed by atoms with Crippen LogP contribution >= 0.6 is 0 Å². The molecule has 1 aromatic carbocycles. The van der Waals surface area contributed by atoms with Gasteiger partial charge in [0.05, 0.1) is 12.1 Å². The Morgan fingerprint density at radius 3 is 2.38 bits per heavy atom. The van der Waals surface area contributed by atoms with Gasteiger partial charge in [0.1, 0.15) is 6.04 Å². The molecule has 0 saturated carbocycles. The molecule has 8 heteroatoms. The number of benzene rings is 1. The minimum absolute atomic E-state index is 0.0565. The zero-order chi connectivity index (χ0) is 19.5. The minimum atomic E-state index is -1.07. The molecule has 2 unspecified atom stereocenters. The summed E-state index contributed by atoms with van der Waals surface area (Å²) in [5.74, 6) is 4.57. The van der Waals surface area contributed by atoms with Crippen molar-refractivity contribution in [3.63, 3.8) is 0 Å². The van der Waals surface area contributed by atoms with Crippen molar-refractivity contribution in [2.75, 3.05) is 5.32 Å². The van der Waals surface area contributed by atoms with Crippen molar-refractivity contribution in [2.24, 2.45) is 16.9 Å².